The highest BCUT2D eigenvalue weighted by Gasteiger charge is 2.63. The number of benzene rings is 3. The van der Waals surface area contributed by atoms with Crippen molar-refractivity contribution in [3.63, 3.8) is 0 Å². The third-order valence-corrected chi connectivity index (χ3v) is 11.7. The Balaban J connectivity index is 1.38. The number of anilines is 1. The summed E-state index contributed by atoms with van der Waals surface area (Å²) in [5.74, 6) is -1.84. The van der Waals surface area contributed by atoms with Gasteiger partial charge >= 0.3 is 25.7 Å². The Bertz CT molecular complexity index is 2320. The molecular weight excluding hydrogens is 791 g/mol. The Kier molecular flexibility index (Phi) is 14.3. The van der Waals surface area contributed by atoms with Gasteiger partial charge in [0.25, 0.3) is 0 Å². The van der Waals surface area contributed by atoms with E-state index < -0.39 is 62.2 Å². The van der Waals surface area contributed by atoms with E-state index in [1.165, 1.54) is 23.8 Å². The predicted octanol–water partition coefficient (Wildman–Crippen LogP) is 5.90. The van der Waals surface area contributed by atoms with Crippen LogP contribution in [0.3, 0.4) is 0 Å². The number of nitrogens with two attached hydrogens (primary N) is 1. The first-order valence-corrected chi connectivity index (χ1v) is 21.1. The minimum atomic E-state index is -4.53. The Morgan fingerprint density at radius 3 is 2.12 bits per heavy atom. The second-order valence-electron chi connectivity index (χ2n) is 14.2. The maximum atomic E-state index is 14.7. The van der Waals surface area contributed by atoms with E-state index >= 15 is 0 Å². The molecule has 3 N–H and O–H groups in total. The molecule has 0 spiro atoms. The number of carbonyl (C=O) groups excluding carboxylic acids is 3. The van der Waals surface area contributed by atoms with Gasteiger partial charge in [0.05, 0.1) is 31.7 Å². The average molecular weight is 839 g/mol. The molecule has 0 saturated carbocycles. The zero-order valence-corrected chi connectivity index (χ0v) is 34.3. The van der Waals surface area contributed by atoms with Gasteiger partial charge in [-0.15, -0.1) is 0 Å². The number of aromatic nitrogens is 3. The highest BCUT2D eigenvalue weighted by atomic mass is 31.2. The van der Waals surface area contributed by atoms with Gasteiger partial charge in [0.15, 0.2) is 18.0 Å². The van der Waals surface area contributed by atoms with E-state index in [0.717, 1.165) is 12.8 Å². The first-order valence-electron chi connectivity index (χ1n) is 19.6. The molecule has 2 aromatic heterocycles. The molecule has 314 valence electrons. The maximum absolute atomic E-state index is 14.7. The third kappa shape index (κ3) is 10.4. The second kappa shape index (κ2) is 19.8. The standard InChI is InChI=1S/C43H47N6O10P/c1-4-30(5-2)25-54-42(52)29(3)48-60(53,59-33-19-13-8-14-20-33)55-26-35-39(56-37(50)23-31-15-9-6-10-16-31)40(57-38(51)24-32-17-11-7-12-18-32)43(27-44,58-35)36-22-21-34-41(45)46-28-47-49(34)36/h6-22,28-30,35,39-40H,4-5,23-26H2,1-3H3,(H,48,53)(H2,45,46,47)/t29-,35+,39+,40+,43-,60-/m0/s1. The van der Waals surface area contributed by atoms with Crippen LogP contribution in [-0.4, -0.2) is 70.1 Å². The van der Waals surface area contributed by atoms with Gasteiger partial charge in [-0.1, -0.05) is 106 Å². The number of fused-ring (bicyclic) bond motifs is 1. The normalized spacial score (nSPS) is 20.1. The van der Waals surface area contributed by atoms with Crippen LogP contribution in [0.25, 0.3) is 5.52 Å². The van der Waals surface area contributed by atoms with Crippen molar-refractivity contribution in [3.8, 4) is 11.8 Å². The number of nitriles is 1. The molecule has 60 heavy (non-hydrogen) atoms. The summed E-state index contributed by atoms with van der Waals surface area (Å²) in [6, 6.07) is 29.8. The van der Waals surface area contributed by atoms with E-state index in [1.807, 2.05) is 13.8 Å². The monoisotopic (exact) mass is 838 g/mol. The highest BCUT2D eigenvalue weighted by Crippen LogP contribution is 2.48. The smallest absolute Gasteiger partial charge is 0.459 e. The average Bonchev–Trinajstić information content (AvgIpc) is 3.81. The summed E-state index contributed by atoms with van der Waals surface area (Å²) in [7, 11) is -4.53. The molecule has 1 fully saturated rings. The molecular formula is C43H47N6O10P. The molecule has 0 bridgehead atoms. The SMILES string of the molecule is CCC(CC)COC(=O)[C@H](C)N[P@](=O)(OC[C@H]1O[C@@](C#N)(c2ccc3c(N)ncnn23)[C@H](OC(=O)Cc2ccccc2)[C@@H]1OC(=O)Cc1ccccc1)Oc1ccccc1. The fourth-order valence-corrected chi connectivity index (χ4v) is 8.23. The van der Waals surface area contributed by atoms with E-state index in [0.29, 0.717) is 16.6 Å². The summed E-state index contributed by atoms with van der Waals surface area (Å²) in [4.78, 5) is 44.8. The van der Waals surface area contributed by atoms with Crippen molar-refractivity contribution in [1.82, 2.24) is 19.7 Å². The molecule has 1 saturated heterocycles. The fourth-order valence-electron chi connectivity index (χ4n) is 6.73. The van der Waals surface area contributed by atoms with Gasteiger partial charge in [0, 0.05) is 0 Å². The van der Waals surface area contributed by atoms with Crippen molar-refractivity contribution in [2.24, 2.45) is 5.92 Å². The number of hydrogen-bond donors (Lipinski definition) is 2. The van der Waals surface area contributed by atoms with E-state index in [-0.39, 0.29) is 42.6 Å². The first kappa shape index (κ1) is 43.5. The van der Waals surface area contributed by atoms with E-state index in [4.69, 9.17) is 33.7 Å². The molecule has 6 atom stereocenters. The molecule has 1 aliphatic heterocycles. The van der Waals surface area contributed by atoms with Crippen LogP contribution >= 0.6 is 7.75 Å². The lowest BCUT2D eigenvalue weighted by Crippen LogP contribution is -2.46. The van der Waals surface area contributed by atoms with Crippen molar-refractivity contribution in [3.05, 3.63) is 126 Å². The molecule has 3 aromatic carbocycles. The zero-order valence-electron chi connectivity index (χ0n) is 33.4. The number of ether oxygens (including phenoxy) is 4. The molecule has 0 radical (unpaired) electrons. The van der Waals surface area contributed by atoms with Gasteiger partial charge in [-0.05, 0) is 48.2 Å². The number of carbonyl (C=O) groups is 3. The van der Waals surface area contributed by atoms with Crippen LogP contribution in [-0.2, 0) is 60.9 Å². The molecule has 0 aliphatic carbocycles. The van der Waals surface area contributed by atoms with Gasteiger partial charge in [0.1, 0.15) is 35.8 Å². The van der Waals surface area contributed by atoms with E-state index in [1.54, 1.807) is 97.1 Å². The van der Waals surface area contributed by atoms with Gasteiger partial charge in [0.2, 0.25) is 5.60 Å². The van der Waals surface area contributed by atoms with E-state index in [2.05, 4.69) is 21.2 Å². The summed E-state index contributed by atoms with van der Waals surface area (Å²) < 4.78 is 52.2. The Hall–Kier alpha value is -6.11. The number of esters is 3. The lowest BCUT2D eigenvalue weighted by atomic mass is 9.92. The van der Waals surface area contributed by atoms with Gasteiger partial charge < -0.3 is 29.2 Å². The minimum Gasteiger partial charge on any atom is -0.464 e. The Morgan fingerprint density at radius 1 is 0.917 bits per heavy atom. The predicted molar refractivity (Wildman–Crippen MR) is 218 cm³/mol. The number of hydrogen-bond acceptors (Lipinski definition) is 14. The molecule has 17 heteroatoms. The molecule has 6 rings (SSSR count). The third-order valence-electron chi connectivity index (χ3n) is 10.0. The Labute approximate surface area is 347 Å². The first-order chi connectivity index (χ1) is 29.0. The molecule has 0 unspecified atom stereocenters. The lowest BCUT2D eigenvalue weighted by molar-refractivity contribution is -0.168. The van der Waals surface area contributed by atoms with Crippen LogP contribution in [0.4, 0.5) is 5.82 Å². The molecule has 16 nitrogen and oxygen atoms in total. The largest absolute Gasteiger partial charge is 0.464 e. The molecule has 1 aliphatic rings. The van der Waals surface area contributed by atoms with E-state index in [9.17, 15) is 24.2 Å². The lowest BCUT2D eigenvalue weighted by Gasteiger charge is -2.29. The van der Waals surface area contributed by atoms with Crippen LogP contribution in [0.5, 0.6) is 5.75 Å². The fraction of sp³-hybridized carbons (Fsp3) is 0.349. The zero-order chi connectivity index (χ0) is 42.7. The molecule has 3 heterocycles. The van der Waals surface area contributed by atoms with Crippen molar-refractivity contribution in [1.29, 1.82) is 5.26 Å². The van der Waals surface area contributed by atoms with Gasteiger partial charge in [-0.25, -0.2) is 14.1 Å². The second-order valence-corrected chi connectivity index (χ2v) is 15.9. The summed E-state index contributed by atoms with van der Waals surface area (Å²) in [5, 5.41) is 18.1. The summed E-state index contributed by atoms with van der Waals surface area (Å²) in [5.41, 5.74) is 5.55. The number of nitrogens with zero attached hydrogens (tertiary/aromatic N) is 4. The Morgan fingerprint density at radius 2 is 1.52 bits per heavy atom. The number of nitrogens with one attached hydrogen (secondary N) is 1. The van der Waals surface area contributed by atoms with Gasteiger partial charge in [-0.2, -0.15) is 15.4 Å². The summed E-state index contributed by atoms with van der Waals surface area (Å²) >= 11 is 0. The summed E-state index contributed by atoms with van der Waals surface area (Å²) in [6.45, 7) is 4.93. The summed E-state index contributed by atoms with van der Waals surface area (Å²) in [6.07, 6.45) is -2.26. The van der Waals surface area contributed by atoms with Gasteiger partial charge in [-0.3, -0.25) is 18.9 Å². The number of rotatable bonds is 19. The van der Waals surface area contributed by atoms with Crippen LogP contribution in [0.2, 0.25) is 0 Å². The molecule has 5 aromatic rings. The van der Waals surface area contributed by atoms with Crippen molar-refractivity contribution in [2.75, 3.05) is 18.9 Å². The van der Waals surface area contributed by atoms with Crippen molar-refractivity contribution < 1.29 is 46.9 Å². The maximum Gasteiger partial charge on any atom is 0.459 e. The van der Waals surface area contributed by atoms with Crippen molar-refractivity contribution >= 4 is 37.0 Å². The highest BCUT2D eigenvalue weighted by molar-refractivity contribution is 7.52. The van der Waals surface area contributed by atoms with Crippen LogP contribution in [0, 0.1) is 17.2 Å². The van der Waals surface area contributed by atoms with Crippen molar-refractivity contribution in [2.45, 2.75) is 76.4 Å². The quantitative estimate of drug-likeness (QED) is 0.0563. The number of nitrogen functional groups attached to an aromatic ring is 1. The molecule has 0 amide bonds. The van der Waals surface area contributed by atoms with Crippen LogP contribution in [0.1, 0.15) is 50.4 Å². The number of para-hydroxylation sites is 1. The van der Waals surface area contributed by atoms with Crippen LogP contribution in [0.15, 0.2) is 109 Å². The topological polar surface area (TPSA) is 216 Å². The minimum absolute atomic E-state index is 0.0638. The van der Waals surface area contributed by atoms with Crippen LogP contribution < -0.4 is 15.3 Å².